The fourth-order valence-corrected chi connectivity index (χ4v) is 1.85. The second-order valence-electron chi connectivity index (χ2n) is 4.63. The van der Waals surface area contributed by atoms with Crippen LogP contribution in [0.5, 0.6) is 11.5 Å². The van der Waals surface area contributed by atoms with Gasteiger partial charge < -0.3 is 14.4 Å². The summed E-state index contributed by atoms with van der Waals surface area (Å²) < 4.78 is 11.0. The molecule has 1 aromatic carbocycles. The van der Waals surface area contributed by atoms with Gasteiger partial charge in [0.05, 0.1) is 18.6 Å². The molecule has 114 valence electrons. The first kappa shape index (κ1) is 16.8. The molecule has 5 nitrogen and oxygen atoms in total. The number of ether oxygens (including phenoxy) is 2. The Kier molecular flexibility index (Phi) is 7.10. The van der Waals surface area contributed by atoms with E-state index in [1.165, 1.54) is 0 Å². The van der Waals surface area contributed by atoms with Crippen molar-refractivity contribution in [2.45, 2.75) is 20.8 Å². The summed E-state index contributed by atoms with van der Waals surface area (Å²) >= 11 is 0. The van der Waals surface area contributed by atoms with Gasteiger partial charge in [0, 0.05) is 13.1 Å². The van der Waals surface area contributed by atoms with E-state index in [4.69, 9.17) is 14.7 Å². The zero-order chi connectivity index (χ0) is 15.7. The van der Waals surface area contributed by atoms with Gasteiger partial charge in [0.1, 0.15) is 0 Å². The Labute approximate surface area is 126 Å². The Balaban J connectivity index is 2.61. The van der Waals surface area contributed by atoms with Crippen molar-refractivity contribution in [3.8, 4) is 17.6 Å². The smallest absolute Gasteiger partial charge is 0.260 e. The molecule has 0 saturated heterocycles. The highest BCUT2D eigenvalue weighted by atomic mass is 16.5. The van der Waals surface area contributed by atoms with Crippen LogP contribution in [0.1, 0.15) is 20.8 Å². The van der Waals surface area contributed by atoms with Crippen molar-refractivity contribution in [3.05, 3.63) is 24.3 Å². The number of carbonyl (C=O) groups is 1. The number of rotatable bonds is 8. The van der Waals surface area contributed by atoms with E-state index in [1.807, 2.05) is 26.0 Å². The third-order valence-electron chi connectivity index (χ3n) is 2.95. The third-order valence-corrected chi connectivity index (χ3v) is 2.95. The third kappa shape index (κ3) is 5.35. The highest BCUT2D eigenvalue weighted by molar-refractivity contribution is 5.77. The molecular weight excluding hydrogens is 268 g/mol. The van der Waals surface area contributed by atoms with E-state index in [-0.39, 0.29) is 18.4 Å². The maximum atomic E-state index is 12.1. The van der Waals surface area contributed by atoms with E-state index in [0.717, 1.165) is 0 Å². The zero-order valence-electron chi connectivity index (χ0n) is 12.8. The molecule has 0 aromatic heterocycles. The van der Waals surface area contributed by atoms with Gasteiger partial charge >= 0.3 is 0 Å². The second kappa shape index (κ2) is 8.85. The van der Waals surface area contributed by atoms with Crippen molar-refractivity contribution in [1.82, 2.24) is 4.90 Å². The molecule has 0 radical (unpaired) electrons. The largest absolute Gasteiger partial charge is 0.490 e. The van der Waals surface area contributed by atoms with Crippen LogP contribution in [0.4, 0.5) is 0 Å². The molecule has 0 spiro atoms. The fourth-order valence-electron chi connectivity index (χ4n) is 1.85. The molecular formula is C16H22N2O3. The van der Waals surface area contributed by atoms with Crippen LogP contribution in [-0.2, 0) is 4.79 Å². The first-order valence-corrected chi connectivity index (χ1v) is 7.14. The number of para-hydroxylation sites is 2. The van der Waals surface area contributed by atoms with Crippen molar-refractivity contribution in [3.63, 3.8) is 0 Å². The summed E-state index contributed by atoms with van der Waals surface area (Å²) in [7, 11) is 0. The van der Waals surface area contributed by atoms with Crippen LogP contribution < -0.4 is 9.47 Å². The van der Waals surface area contributed by atoms with E-state index in [1.54, 1.807) is 24.0 Å². The number of amides is 1. The predicted octanol–water partition coefficient (Wildman–Crippen LogP) is 2.47. The summed E-state index contributed by atoms with van der Waals surface area (Å²) in [5, 5.41) is 8.83. The van der Waals surface area contributed by atoms with E-state index in [9.17, 15) is 4.79 Å². The van der Waals surface area contributed by atoms with Crippen molar-refractivity contribution < 1.29 is 14.3 Å². The van der Waals surface area contributed by atoms with E-state index in [2.05, 4.69) is 6.07 Å². The van der Waals surface area contributed by atoms with Crippen LogP contribution in [0, 0.1) is 17.2 Å². The molecule has 1 amide bonds. The molecule has 0 aliphatic heterocycles. The van der Waals surface area contributed by atoms with Gasteiger partial charge in [-0.05, 0) is 32.9 Å². The average molecular weight is 290 g/mol. The van der Waals surface area contributed by atoms with Gasteiger partial charge in [0.25, 0.3) is 5.91 Å². The Hall–Kier alpha value is -2.22. The zero-order valence-corrected chi connectivity index (χ0v) is 12.8. The van der Waals surface area contributed by atoms with Crippen LogP contribution in [-0.4, -0.2) is 37.1 Å². The molecule has 0 N–H and O–H groups in total. The lowest BCUT2D eigenvalue weighted by molar-refractivity contribution is -0.133. The first-order chi connectivity index (χ1) is 10.1. The number of hydrogen-bond acceptors (Lipinski definition) is 4. The lowest BCUT2D eigenvalue weighted by Gasteiger charge is -2.22. The monoisotopic (exact) mass is 290 g/mol. The molecule has 0 aliphatic rings. The average Bonchev–Trinajstić information content (AvgIpc) is 2.51. The molecule has 1 aromatic rings. The molecule has 1 atom stereocenters. The van der Waals surface area contributed by atoms with Crippen LogP contribution >= 0.6 is 0 Å². The molecule has 0 fully saturated rings. The summed E-state index contributed by atoms with van der Waals surface area (Å²) in [6.07, 6.45) is 0. The minimum Gasteiger partial charge on any atom is -0.490 e. The topological polar surface area (TPSA) is 62.6 Å². The maximum Gasteiger partial charge on any atom is 0.260 e. The lowest BCUT2D eigenvalue weighted by Crippen LogP contribution is -2.37. The number of nitriles is 1. The highest BCUT2D eigenvalue weighted by Crippen LogP contribution is 2.26. The van der Waals surface area contributed by atoms with E-state index >= 15 is 0 Å². The number of hydrogen-bond donors (Lipinski definition) is 0. The second-order valence-corrected chi connectivity index (χ2v) is 4.63. The Bertz CT molecular complexity index is 497. The Morgan fingerprint density at radius 1 is 1.29 bits per heavy atom. The van der Waals surface area contributed by atoms with Crippen LogP contribution in [0.25, 0.3) is 0 Å². The fraction of sp³-hybridized carbons (Fsp3) is 0.500. The van der Waals surface area contributed by atoms with Crippen molar-refractivity contribution in [1.29, 1.82) is 5.26 Å². The van der Waals surface area contributed by atoms with Gasteiger partial charge in [0.15, 0.2) is 18.1 Å². The van der Waals surface area contributed by atoms with Crippen LogP contribution in [0.15, 0.2) is 24.3 Å². The number of carbonyl (C=O) groups excluding carboxylic acids is 1. The standard InChI is InChI=1S/C16H22N2O3/c1-4-18(11-13(3)10-17)16(19)12-21-15-9-7-6-8-14(15)20-5-2/h6-9,13H,4-5,11-12H2,1-3H3/t13-/m1/s1. The van der Waals surface area contributed by atoms with Crippen molar-refractivity contribution in [2.75, 3.05) is 26.3 Å². The highest BCUT2D eigenvalue weighted by Gasteiger charge is 2.16. The molecule has 1 rings (SSSR count). The summed E-state index contributed by atoms with van der Waals surface area (Å²) in [4.78, 5) is 13.7. The molecule has 21 heavy (non-hydrogen) atoms. The van der Waals surface area contributed by atoms with E-state index in [0.29, 0.717) is 31.2 Å². The lowest BCUT2D eigenvalue weighted by atomic mass is 10.2. The number of benzene rings is 1. The van der Waals surface area contributed by atoms with Gasteiger partial charge in [-0.1, -0.05) is 12.1 Å². The molecule has 0 aliphatic carbocycles. The summed E-state index contributed by atoms with van der Waals surface area (Å²) in [5.41, 5.74) is 0. The Morgan fingerprint density at radius 2 is 1.90 bits per heavy atom. The quantitative estimate of drug-likeness (QED) is 0.738. The summed E-state index contributed by atoms with van der Waals surface area (Å²) in [6, 6.07) is 9.39. The molecule has 5 heteroatoms. The van der Waals surface area contributed by atoms with Crippen molar-refractivity contribution >= 4 is 5.91 Å². The van der Waals surface area contributed by atoms with Gasteiger partial charge in [0.2, 0.25) is 0 Å². The Morgan fingerprint density at radius 3 is 2.43 bits per heavy atom. The number of likely N-dealkylation sites (N-methyl/N-ethyl adjacent to an activating group) is 1. The van der Waals surface area contributed by atoms with E-state index < -0.39 is 0 Å². The van der Waals surface area contributed by atoms with Crippen LogP contribution in [0.2, 0.25) is 0 Å². The van der Waals surface area contributed by atoms with Gasteiger partial charge in [-0.3, -0.25) is 4.79 Å². The summed E-state index contributed by atoms with van der Waals surface area (Å²) in [6.45, 7) is 7.02. The molecule has 0 saturated carbocycles. The summed E-state index contributed by atoms with van der Waals surface area (Å²) in [5.74, 6) is 0.855. The van der Waals surface area contributed by atoms with Gasteiger partial charge in [-0.2, -0.15) is 5.26 Å². The van der Waals surface area contributed by atoms with Crippen molar-refractivity contribution in [2.24, 2.45) is 5.92 Å². The minimum absolute atomic E-state index is 0.0594. The van der Waals surface area contributed by atoms with Crippen LogP contribution in [0.3, 0.4) is 0 Å². The minimum atomic E-state index is -0.190. The maximum absolute atomic E-state index is 12.1. The molecule has 0 heterocycles. The van der Waals surface area contributed by atoms with Gasteiger partial charge in [-0.15, -0.1) is 0 Å². The number of nitrogens with zero attached hydrogens (tertiary/aromatic N) is 2. The normalized spacial score (nSPS) is 11.3. The SMILES string of the molecule is CCOc1ccccc1OCC(=O)N(CC)C[C@H](C)C#N. The molecule has 0 bridgehead atoms. The molecule has 0 unspecified atom stereocenters. The first-order valence-electron chi connectivity index (χ1n) is 7.14. The predicted molar refractivity (Wildman–Crippen MR) is 80.1 cm³/mol. The van der Waals surface area contributed by atoms with Gasteiger partial charge in [-0.25, -0.2) is 0 Å².